The maximum absolute atomic E-state index is 9.76. The Kier molecular flexibility index (Phi) is 4.07. The number of furan rings is 1. The molecule has 1 N–H and O–H groups in total. The van der Waals surface area contributed by atoms with E-state index in [0.717, 1.165) is 10.9 Å². The van der Waals surface area contributed by atoms with E-state index in [-0.39, 0.29) is 11.6 Å². The molecule has 0 aliphatic heterocycles. The van der Waals surface area contributed by atoms with Crippen molar-refractivity contribution in [2.24, 2.45) is 0 Å². The first-order valence-corrected chi connectivity index (χ1v) is 13.1. The van der Waals surface area contributed by atoms with Gasteiger partial charge in [0.25, 0.3) is 0 Å². The first-order valence-electron chi connectivity index (χ1n) is 6.65. The lowest BCUT2D eigenvalue weighted by molar-refractivity contribution is 0.283. The van der Waals surface area contributed by atoms with E-state index in [1.807, 2.05) is 6.26 Å². The van der Waals surface area contributed by atoms with Crippen molar-refractivity contribution in [1.82, 2.24) is 0 Å². The fourth-order valence-electron chi connectivity index (χ4n) is 2.03. The molecule has 0 saturated carbocycles. The highest BCUT2D eigenvalue weighted by Crippen LogP contribution is 2.36. The molecule has 1 heterocycles. The summed E-state index contributed by atoms with van der Waals surface area (Å²) in [6, 6.07) is 0. The minimum atomic E-state index is -1.71. The molecule has 0 radical (unpaired) electrons. The molecule has 1 rings (SSSR count). The molecule has 0 fully saturated rings. The van der Waals surface area contributed by atoms with Crippen molar-refractivity contribution in [1.29, 1.82) is 0 Å². The van der Waals surface area contributed by atoms with E-state index in [4.69, 9.17) is 4.42 Å². The van der Waals surface area contributed by atoms with E-state index in [9.17, 15) is 5.11 Å². The van der Waals surface area contributed by atoms with E-state index >= 15 is 0 Å². The Labute approximate surface area is 113 Å². The Hall–Kier alpha value is -0.326. The Morgan fingerprint density at radius 1 is 1.11 bits per heavy atom. The molecule has 2 nitrogen and oxygen atoms in total. The number of hydrogen-bond donors (Lipinski definition) is 1. The van der Waals surface area contributed by atoms with Gasteiger partial charge in [0, 0.05) is 5.56 Å². The van der Waals surface area contributed by atoms with Crippen molar-refractivity contribution >= 4 is 26.7 Å². The Balaban J connectivity index is 3.41. The van der Waals surface area contributed by atoms with E-state index in [0.29, 0.717) is 0 Å². The zero-order chi connectivity index (χ0) is 14.4. The van der Waals surface area contributed by atoms with Crippen LogP contribution < -0.4 is 10.6 Å². The maximum atomic E-state index is 9.76. The van der Waals surface area contributed by atoms with Gasteiger partial charge in [-0.15, -0.1) is 0 Å². The molecule has 18 heavy (non-hydrogen) atoms. The van der Waals surface area contributed by atoms with Crippen LogP contribution in [0.3, 0.4) is 0 Å². The summed E-state index contributed by atoms with van der Waals surface area (Å²) in [4.78, 5) is 0. The van der Waals surface area contributed by atoms with Crippen LogP contribution in [-0.4, -0.2) is 21.3 Å². The lowest BCUT2D eigenvalue weighted by atomic mass is 10.2. The standard InChI is InChI=1S/C14H28O2Si2/c1-14(2,3)18(7,8)13-11(9-15)12(10-16-13)17(4,5)6/h10,15H,9H2,1-8H3. The van der Waals surface area contributed by atoms with Crippen LogP contribution in [0.2, 0.25) is 37.8 Å². The first kappa shape index (κ1) is 15.7. The molecule has 0 saturated heterocycles. The zero-order valence-corrected chi connectivity index (χ0v) is 15.1. The molecule has 0 aliphatic rings. The SMILES string of the molecule is CC(C)(C)[Si](C)(C)c1occ([Si](C)(C)C)c1CO. The third kappa shape index (κ3) is 2.65. The van der Waals surface area contributed by atoms with Gasteiger partial charge in [-0.05, 0) is 10.2 Å². The number of rotatable bonds is 3. The fraction of sp³-hybridized carbons (Fsp3) is 0.714. The quantitative estimate of drug-likeness (QED) is 0.866. The Bertz CT molecular complexity index is 420. The number of aliphatic hydroxyl groups is 1. The molecule has 104 valence electrons. The highest BCUT2D eigenvalue weighted by molar-refractivity contribution is 6.93. The average molecular weight is 285 g/mol. The summed E-state index contributed by atoms with van der Waals surface area (Å²) in [5, 5.41) is 12.4. The second-order valence-electron chi connectivity index (χ2n) is 7.74. The van der Waals surface area contributed by atoms with Gasteiger partial charge in [-0.25, -0.2) is 0 Å². The highest BCUT2D eigenvalue weighted by Gasteiger charge is 2.42. The van der Waals surface area contributed by atoms with Gasteiger partial charge in [0.15, 0.2) is 0 Å². The van der Waals surface area contributed by atoms with Crippen molar-refractivity contribution in [2.75, 3.05) is 0 Å². The molecule has 4 heteroatoms. The van der Waals surface area contributed by atoms with E-state index < -0.39 is 16.1 Å². The van der Waals surface area contributed by atoms with E-state index in [1.54, 1.807) is 0 Å². The topological polar surface area (TPSA) is 33.4 Å². The van der Waals surface area contributed by atoms with Crippen molar-refractivity contribution < 1.29 is 9.52 Å². The molecule has 0 bridgehead atoms. The lowest BCUT2D eigenvalue weighted by Crippen LogP contribution is -2.52. The van der Waals surface area contributed by atoms with Gasteiger partial charge in [-0.3, -0.25) is 0 Å². The molecular weight excluding hydrogens is 256 g/mol. The second-order valence-corrected chi connectivity index (χ2v) is 18.0. The van der Waals surface area contributed by atoms with Crippen LogP contribution in [-0.2, 0) is 6.61 Å². The molecular formula is C14H28O2Si2. The van der Waals surface area contributed by atoms with Gasteiger partial charge in [0.05, 0.1) is 26.3 Å². The smallest absolute Gasteiger partial charge is 0.132 e. The van der Waals surface area contributed by atoms with Gasteiger partial charge in [0.1, 0.15) is 8.07 Å². The van der Waals surface area contributed by atoms with Gasteiger partial charge >= 0.3 is 0 Å². The van der Waals surface area contributed by atoms with Gasteiger partial charge in [-0.2, -0.15) is 0 Å². The number of hydrogen-bond acceptors (Lipinski definition) is 2. The van der Waals surface area contributed by atoms with Crippen molar-refractivity contribution in [3.8, 4) is 0 Å². The predicted molar refractivity (Wildman–Crippen MR) is 84.4 cm³/mol. The largest absolute Gasteiger partial charge is 0.474 e. The third-order valence-electron chi connectivity index (χ3n) is 4.30. The Morgan fingerprint density at radius 3 is 1.94 bits per heavy atom. The molecule has 0 unspecified atom stereocenters. The maximum Gasteiger partial charge on any atom is 0.132 e. The summed E-state index contributed by atoms with van der Waals surface area (Å²) in [7, 11) is -3.16. The van der Waals surface area contributed by atoms with Crippen LogP contribution in [0.5, 0.6) is 0 Å². The second kappa shape index (κ2) is 4.65. The molecule has 1 aromatic rings. The summed E-state index contributed by atoms with van der Waals surface area (Å²) in [5.74, 6) is 0. The van der Waals surface area contributed by atoms with E-state index in [1.165, 1.54) is 5.19 Å². The third-order valence-corrected chi connectivity index (χ3v) is 11.6. The normalized spacial score (nSPS) is 14.1. The predicted octanol–water partition coefficient (Wildman–Crippen LogP) is 3.03. The van der Waals surface area contributed by atoms with Crippen molar-refractivity contribution in [3.05, 3.63) is 11.8 Å². The summed E-state index contributed by atoms with van der Waals surface area (Å²) in [6.07, 6.45) is 1.91. The molecule has 0 aliphatic carbocycles. The molecule has 0 atom stereocenters. The molecule has 0 aromatic carbocycles. The van der Waals surface area contributed by atoms with Crippen LogP contribution >= 0.6 is 0 Å². The highest BCUT2D eigenvalue weighted by atomic mass is 28.3. The summed E-state index contributed by atoms with van der Waals surface area (Å²) >= 11 is 0. The molecule has 1 aromatic heterocycles. The van der Waals surface area contributed by atoms with Gasteiger partial charge in [0.2, 0.25) is 0 Å². The molecule has 0 spiro atoms. The minimum Gasteiger partial charge on any atom is -0.474 e. The fourth-order valence-corrected chi connectivity index (χ4v) is 5.67. The molecule has 0 amide bonds. The van der Waals surface area contributed by atoms with Crippen LogP contribution in [0.1, 0.15) is 26.3 Å². The van der Waals surface area contributed by atoms with E-state index in [2.05, 4.69) is 53.5 Å². The monoisotopic (exact) mass is 284 g/mol. The summed E-state index contributed by atoms with van der Waals surface area (Å²) in [5.41, 5.74) is 1.08. The average Bonchev–Trinajstić information content (AvgIpc) is 2.58. The summed E-state index contributed by atoms with van der Waals surface area (Å²) < 4.78 is 5.94. The zero-order valence-electron chi connectivity index (χ0n) is 13.1. The van der Waals surface area contributed by atoms with Crippen LogP contribution in [0.25, 0.3) is 0 Å². The van der Waals surface area contributed by atoms with Crippen LogP contribution in [0, 0.1) is 0 Å². The first-order chi connectivity index (χ1) is 7.93. The summed E-state index contributed by atoms with van der Waals surface area (Å²) in [6.45, 7) is 18.5. The van der Waals surface area contributed by atoms with Gasteiger partial charge in [-0.1, -0.05) is 53.5 Å². The lowest BCUT2D eigenvalue weighted by Gasteiger charge is -2.35. The number of aliphatic hydroxyl groups excluding tert-OH is 1. The Morgan fingerprint density at radius 2 is 1.61 bits per heavy atom. The van der Waals surface area contributed by atoms with Crippen molar-refractivity contribution in [3.63, 3.8) is 0 Å². The van der Waals surface area contributed by atoms with Gasteiger partial charge < -0.3 is 9.52 Å². The minimum absolute atomic E-state index is 0.109. The van der Waals surface area contributed by atoms with Crippen LogP contribution in [0.15, 0.2) is 10.7 Å². The van der Waals surface area contributed by atoms with Crippen molar-refractivity contribution in [2.45, 2.75) is 65.2 Å². The van der Waals surface area contributed by atoms with Crippen LogP contribution in [0.4, 0.5) is 0 Å².